The Hall–Kier alpha value is -0.890. The standard InChI is InChI=1S/C19H26FN/c1-3-6-21-19(14-7-11(2)8-15(20)10-14)18-16-12-4-5-13(9-12)17(16)18/h7-8,10,12-13,16-19,21H,3-6,9H2,1-2H3. The monoisotopic (exact) mass is 287 g/mol. The van der Waals surface area contributed by atoms with Crippen LogP contribution in [0.1, 0.15) is 49.8 Å². The van der Waals surface area contributed by atoms with E-state index in [9.17, 15) is 4.39 Å². The van der Waals surface area contributed by atoms with Crippen LogP contribution >= 0.6 is 0 Å². The Morgan fingerprint density at radius 2 is 1.90 bits per heavy atom. The Balaban J connectivity index is 1.60. The van der Waals surface area contributed by atoms with Gasteiger partial charge in [-0.1, -0.05) is 13.0 Å². The number of hydrogen-bond donors (Lipinski definition) is 1. The van der Waals surface area contributed by atoms with Crippen LogP contribution in [0.2, 0.25) is 0 Å². The number of rotatable bonds is 5. The Labute approximate surface area is 127 Å². The van der Waals surface area contributed by atoms with E-state index in [4.69, 9.17) is 0 Å². The molecular formula is C19H26FN. The summed E-state index contributed by atoms with van der Waals surface area (Å²) in [5, 5.41) is 3.73. The van der Waals surface area contributed by atoms with Crippen molar-refractivity contribution < 1.29 is 4.39 Å². The molecule has 3 aliphatic rings. The summed E-state index contributed by atoms with van der Waals surface area (Å²) in [5.41, 5.74) is 2.22. The maximum Gasteiger partial charge on any atom is 0.123 e. The van der Waals surface area contributed by atoms with Crippen LogP contribution in [0.25, 0.3) is 0 Å². The zero-order chi connectivity index (χ0) is 14.6. The van der Waals surface area contributed by atoms with E-state index >= 15 is 0 Å². The molecule has 5 unspecified atom stereocenters. The lowest BCUT2D eigenvalue weighted by Crippen LogP contribution is -2.26. The van der Waals surface area contributed by atoms with Crippen molar-refractivity contribution in [2.24, 2.45) is 29.6 Å². The molecule has 0 spiro atoms. The van der Waals surface area contributed by atoms with Gasteiger partial charge in [-0.2, -0.15) is 0 Å². The van der Waals surface area contributed by atoms with Gasteiger partial charge in [0, 0.05) is 6.04 Å². The molecule has 0 aromatic heterocycles. The van der Waals surface area contributed by atoms with Crippen molar-refractivity contribution in [3.05, 3.63) is 35.1 Å². The van der Waals surface area contributed by atoms with Gasteiger partial charge in [0.1, 0.15) is 5.82 Å². The van der Waals surface area contributed by atoms with Crippen LogP contribution in [0.3, 0.4) is 0 Å². The third kappa shape index (κ3) is 2.23. The first-order valence-electron chi connectivity index (χ1n) is 8.69. The molecule has 3 saturated carbocycles. The molecule has 1 aromatic rings. The molecule has 1 nitrogen and oxygen atoms in total. The molecule has 1 N–H and O–H groups in total. The van der Waals surface area contributed by atoms with Crippen molar-refractivity contribution in [1.82, 2.24) is 5.32 Å². The van der Waals surface area contributed by atoms with Crippen LogP contribution in [0, 0.1) is 42.3 Å². The molecule has 0 saturated heterocycles. The summed E-state index contributed by atoms with van der Waals surface area (Å²) in [6, 6.07) is 5.96. The van der Waals surface area contributed by atoms with Gasteiger partial charge in [-0.15, -0.1) is 0 Å². The Kier molecular flexibility index (Phi) is 3.33. The van der Waals surface area contributed by atoms with Gasteiger partial charge in [0.2, 0.25) is 0 Å². The average molecular weight is 287 g/mol. The van der Waals surface area contributed by atoms with Crippen LogP contribution in [-0.4, -0.2) is 6.54 Å². The minimum atomic E-state index is -0.0814. The van der Waals surface area contributed by atoms with Crippen molar-refractivity contribution in [3.8, 4) is 0 Å². The second kappa shape index (κ2) is 5.08. The molecule has 0 aliphatic heterocycles. The highest BCUT2D eigenvalue weighted by molar-refractivity contribution is 5.30. The Bertz CT molecular complexity index is 504. The Morgan fingerprint density at radius 1 is 1.19 bits per heavy atom. The molecule has 2 heteroatoms. The summed E-state index contributed by atoms with van der Waals surface area (Å²) < 4.78 is 13.8. The van der Waals surface area contributed by atoms with Crippen LogP contribution in [0.15, 0.2) is 18.2 Å². The minimum Gasteiger partial charge on any atom is -0.310 e. The lowest BCUT2D eigenvalue weighted by Gasteiger charge is -2.23. The minimum absolute atomic E-state index is 0.0814. The van der Waals surface area contributed by atoms with Crippen LogP contribution in [0.4, 0.5) is 4.39 Å². The maximum atomic E-state index is 13.8. The summed E-state index contributed by atoms with van der Waals surface area (Å²) in [4.78, 5) is 0. The van der Waals surface area contributed by atoms with E-state index in [0.717, 1.165) is 48.1 Å². The van der Waals surface area contributed by atoms with Gasteiger partial charge < -0.3 is 5.32 Å². The highest BCUT2D eigenvalue weighted by Gasteiger charge is 2.66. The molecule has 1 aromatic carbocycles. The normalized spacial score (nSPS) is 37.6. The first-order valence-corrected chi connectivity index (χ1v) is 8.69. The average Bonchev–Trinajstić information content (AvgIpc) is 2.86. The number of nitrogens with one attached hydrogen (secondary N) is 1. The second-order valence-corrected chi connectivity index (χ2v) is 7.56. The molecule has 2 bridgehead atoms. The van der Waals surface area contributed by atoms with Gasteiger partial charge in [-0.25, -0.2) is 4.39 Å². The maximum absolute atomic E-state index is 13.8. The largest absolute Gasteiger partial charge is 0.310 e. The van der Waals surface area contributed by atoms with Crippen molar-refractivity contribution in [2.75, 3.05) is 6.54 Å². The number of aryl methyl sites for hydroxylation is 1. The number of fused-ring (bicyclic) bond motifs is 5. The van der Waals surface area contributed by atoms with E-state index in [1.807, 2.05) is 6.92 Å². The van der Waals surface area contributed by atoms with E-state index < -0.39 is 0 Å². The highest BCUT2D eigenvalue weighted by Crippen LogP contribution is 2.72. The summed E-state index contributed by atoms with van der Waals surface area (Å²) in [7, 11) is 0. The number of hydrogen-bond acceptors (Lipinski definition) is 1. The second-order valence-electron chi connectivity index (χ2n) is 7.56. The van der Waals surface area contributed by atoms with E-state index in [1.165, 1.54) is 24.8 Å². The lowest BCUT2D eigenvalue weighted by molar-refractivity contribution is 0.369. The molecule has 21 heavy (non-hydrogen) atoms. The molecule has 114 valence electrons. The number of benzene rings is 1. The number of halogens is 1. The van der Waals surface area contributed by atoms with Gasteiger partial charge in [-0.05, 0) is 92.0 Å². The Morgan fingerprint density at radius 3 is 2.52 bits per heavy atom. The smallest absolute Gasteiger partial charge is 0.123 e. The van der Waals surface area contributed by atoms with E-state index in [0.29, 0.717) is 6.04 Å². The van der Waals surface area contributed by atoms with E-state index in [2.05, 4.69) is 18.3 Å². The van der Waals surface area contributed by atoms with Crippen molar-refractivity contribution in [1.29, 1.82) is 0 Å². The predicted molar refractivity (Wildman–Crippen MR) is 83.5 cm³/mol. The van der Waals surface area contributed by atoms with Crippen LogP contribution < -0.4 is 5.32 Å². The van der Waals surface area contributed by atoms with Gasteiger partial charge in [-0.3, -0.25) is 0 Å². The van der Waals surface area contributed by atoms with Crippen LogP contribution in [0.5, 0.6) is 0 Å². The van der Waals surface area contributed by atoms with E-state index in [-0.39, 0.29) is 5.82 Å². The van der Waals surface area contributed by atoms with Crippen molar-refractivity contribution in [2.45, 2.75) is 45.6 Å². The highest BCUT2D eigenvalue weighted by atomic mass is 19.1. The third-order valence-electron chi connectivity index (χ3n) is 6.22. The molecule has 3 aliphatic carbocycles. The molecule has 0 heterocycles. The predicted octanol–water partition coefficient (Wildman–Crippen LogP) is 4.47. The van der Waals surface area contributed by atoms with E-state index in [1.54, 1.807) is 12.1 Å². The summed E-state index contributed by atoms with van der Waals surface area (Å²) in [6.07, 6.45) is 5.52. The molecule has 3 fully saturated rings. The van der Waals surface area contributed by atoms with Gasteiger partial charge in [0.15, 0.2) is 0 Å². The molecule has 4 rings (SSSR count). The SMILES string of the molecule is CCCNC(c1cc(C)cc(F)c1)C1C2C3CCC(C3)C21. The van der Waals surface area contributed by atoms with Gasteiger partial charge in [0.05, 0.1) is 0 Å². The lowest BCUT2D eigenvalue weighted by atomic mass is 9.92. The zero-order valence-electron chi connectivity index (χ0n) is 13.1. The van der Waals surface area contributed by atoms with Crippen LogP contribution in [-0.2, 0) is 0 Å². The molecule has 0 radical (unpaired) electrons. The summed E-state index contributed by atoms with van der Waals surface area (Å²) in [5.74, 6) is 4.51. The summed E-state index contributed by atoms with van der Waals surface area (Å²) >= 11 is 0. The molecule has 5 atom stereocenters. The summed E-state index contributed by atoms with van der Waals surface area (Å²) in [6.45, 7) is 5.24. The fraction of sp³-hybridized carbons (Fsp3) is 0.684. The van der Waals surface area contributed by atoms with Crippen molar-refractivity contribution >= 4 is 0 Å². The third-order valence-corrected chi connectivity index (χ3v) is 6.22. The quantitative estimate of drug-likeness (QED) is 0.842. The first kappa shape index (κ1) is 13.8. The molecule has 0 amide bonds. The van der Waals surface area contributed by atoms with Gasteiger partial charge >= 0.3 is 0 Å². The topological polar surface area (TPSA) is 12.0 Å². The molecular weight excluding hydrogens is 261 g/mol. The van der Waals surface area contributed by atoms with Crippen molar-refractivity contribution in [3.63, 3.8) is 0 Å². The first-order chi connectivity index (χ1) is 10.2. The zero-order valence-corrected chi connectivity index (χ0v) is 13.1. The van der Waals surface area contributed by atoms with Gasteiger partial charge in [0.25, 0.3) is 0 Å². The fourth-order valence-corrected chi connectivity index (χ4v) is 5.56. The fourth-order valence-electron chi connectivity index (χ4n) is 5.56.